The first-order valence-corrected chi connectivity index (χ1v) is 7.55. The van der Waals surface area contributed by atoms with E-state index in [-0.39, 0.29) is 5.56 Å². The van der Waals surface area contributed by atoms with E-state index in [2.05, 4.69) is 16.9 Å². The summed E-state index contributed by atoms with van der Waals surface area (Å²) in [7, 11) is 0. The minimum absolute atomic E-state index is 0.102. The van der Waals surface area contributed by atoms with E-state index in [1.54, 1.807) is 6.07 Å². The minimum Gasteiger partial charge on any atom is -0.389 e. The molecule has 1 fully saturated rings. The molecule has 1 saturated carbocycles. The van der Waals surface area contributed by atoms with Crippen molar-refractivity contribution in [2.75, 3.05) is 5.75 Å². The van der Waals surface area contributed by atoms with E-state index in [9.17, 15) is 9.90 Å². The van der Waals surface area contributed by atoms with Gasteiger partial charge in [0.05, 0.1) is 5.60 Å². The maximum absolute atomic E-state index is 11.5. The third-order valence-electron chi connectivity index (χ3n) is 3.29. The van der Waals surface area contributed by atoms with Crippen molar-refractivity contribution in [1.82, 2.24) is 9.97 Å². The number of H-pyrrole nitrogens is 1. The summed E-state index contributed by atoms with van der Waals surface area (Å²) in [5.41, 5.74) is 0.167. The molecule has 5 heteroatoms. The first-order valence-electron chi connectivity index (χ1n) is 6.57. The van der Waals surface area contributed by atoms with Crippen molar-refractivity contribution in [2.45, 2.75) is 56.2 Å². The molecule has 2 rings (SSSR count). The molecule has 1 aromatic rings. The molecule has 0 amide bonds. The molecule has 1 aliphatic rings. The van der Waals surface area contributed by atoms with Gasteiger partial charge in [0.25, 0.3) is 5.56 Å². The molecule has 18 heavy (non-hydrogen) atoms. The fourth-order valence-corrected chi connectivity index (χ4v) is 3.36. The molecule has 0 unspecified atom stereocenters. The van der Waals surface area contributed by atoms with Gasteiger partial charge in [-0.1, -0.05) is 37.9 Å². The Morgan fingerprint density at radius 2 is 2.22 bits per heavy atom. The highest BCUT2D eigenvalue weighted by Gasteiger charge is 2.31. The zero-order valence-corrected chi connectivity index (χ0v) is 11.6. The summed E-state index contributed by atoms with van der Waals surface area (Å²) in [6.07, 6.45) is 5.71. The highest BCUT2D eigenvalue weighted by molar-refractivity contribution is 7.99. The van der Waals surface area contributed by atoms with Crippen LogP contribution in [0.2, 0.25) is 0 Å². The fourth-order valence-electron chi connectivity index (χ4n) is 2.32. The highest BCUT2D eigenvalue weighted by atomic mass is 32.2. The first-order chi connectivity index (χ1) is 8.61. The zero-order chi connectivity index (χ0) is 13.0. The summed E-state index contributed by atoms with van der Waals surface area (Å²) in [5.74, 6) is 0.617. The molecule has 0 saturated heterocycles. The molecule has 1 aromatic heterocycles. The predicted octanol–water partition coefficient (Wildman–Crippen LogP) is 2.12. The Labute approximate surface area is 111 Å². The number of aromatic amines is 1. The van der Waals surface area contributed by atoms with Crippen LogP contribution in [-0.4, -0.2) is 26.4 Å². The summed E-state index contributed by atoms with van der Waals surface area (Å²) in [5, 5.41) is 10.9. The normalized spacial score (nSPS) is 18.1. The lowest BCUT2D eigenvalue weighted by Gasteiger charge is -2.20. The van der Waals surface area contributed by atoms with Crippen molar-refractivity contribution in [3.05, 3.63) is 22.1 Å². The van der Waals surface area contributed by atoms with Crippen LogP contribution in [0.3, 0.4) is 0 Å². The molecule has 0 aromatic carbocycles. The maximum atomic E-state index is 11.5. The van der Waals surface area contributed by atoms with E-state index in [0.29, 0.717) is 10.9 Å². The van der Waals surface area contributed by atoms with Crippen LogP contribution < -0.4 is 5.56 Å². The lowest BCUT2D eigenvalue weighted by atomic mass is 10.1. The van der Waals surface area contributed by atoms with E-state index in [0.717, 1.165) is 44.2 Å². The molecule has 0 aliphatic heterocycles. The Balaban J connectivity index is 2.02. The Bertz CT molecular complexity index is 453. The van der Waals surface area contributed by atoms with Gasteiger partial charge in [0.15, 0.2) is 5.16 Å². The molecule has 0 bridgehead atoms. The van der Waals surface area contributed by atoms with E-state index < -0.39 is 5.60 Å². The van der Waals surface area contributed by atoms with E-state index in [4.69, 9.17) is 0 Å². The number of thioether (sulfide) groups is 1. The van der Waals surface area contributed by atoms with Crippen LogP contribution in [0.5, 0.6) is 0 Å². The van der Waals surface area contributed by atoms with Crippen LogP contribution in [-0.2, 0) is 6.42 Å². The second-order valence-corrected chi connectivity index (χ2v) is 5.98. The largest absolute Gasteiger partial charge is 0.389 e. The van der Waals surface area contributed by atoms with E-state index in [1.165, 1.54) is 11.8 Å². The van der Waals surface area contributed by atoms with Crippen LogP contribution in [0, 0.1) is 0 Å². The van der Waals surface area contributed by atoms with Gasteiger partial charge < -0.3 is 10.1 Å². The zero-order valence-electron chi connectivity index (χ0n) is 10.7. The average Bonchev–Trinajstić information content (AvgIpc) is 2.74. The molecular formula is C13H20N2O2S. The topological polar surface area (TPSA) is 66.0 Å². The third-order valence-corrected chi connectivity index (χ3v) is 4.44. The average molecular weight is 268 g/mol. The van der Waals surface area contributed by atoms with Gasteiger partial charge in [-0.25, -0.2) is 4.98 Å². The Morgan fingerprint density at radius 1 is 1.50 bits per heavy atom. The number of rotatable bonds is 5. The van der Waals surface area contributed by atoms with Crippen molar-refractivity contribution in [3.63, 3.8) is 0 Å². The monoisotopic (exact) mass is 268 g/mol. The number of hydrogen-bond donors (Lipinski definition) is 2. The van der Waals surface area contributed by atoms with E-state index >= 15 is 0 Å². The van der Waals surface area contributed by atoms with Gasteiger partial charge in [0, 0.05) is 17.5 Å². The van der Waals surface area contributed by atoms with Gasteiger partial charge in [-0.2, -0.15) is 0 Å². The molecule has 0 atom stereocenters. The quantitative estimate of drug-likeness (QED) is 0.634. The lowest BCUT2D eigenvalue weighted by molar-refractivity contribution is 0.0732. The van der Waals surface area contributed by atoms with Gasteiger partial charge in [-0.05, 0) is 19.3 Å². The van der Waals surface area contributed by atoms with Crippen molar-refractivity contribution >= 4 is 11.8 Å². The van der Waals surface area contributed by atoms with Gasteiger partial charge in [-0.3, -0.25) is 4.79 Å². The molecular weight excluding hydrogens is 248 g/mol. The van der Waals surface area contributed by atoms with Crippen LogP contribution in [0.15, 0.2) is 16.0 Å². The summed E-state index contributed by atoms with van der Waals surface area (Å²) in [6, 6.07) is 1.55. The predicted molar refractivity (Wildman–Crippen MR) is 73.0 cm³/mol. The van der Waals surface area contributed by atoms with Crippen molar-refractivity contribution in [1.29, 1.82) is 0 Å². The van der Waals surface area contributed by atoms with Gasteiger partial charge >= 0.3 is 0 Å². The van der Waals surface area contributed by atoms with Crippen molar-refractivity contribution in [2.24, 2.45) is 0 Å². The molecule has 0 spiro atoms. The highest BCUT2D eigenvalue weighted by Crippen LogP contribution is 2.33. The van der Waals surface area contributed by atoms with Gasteiger partial charge in [0.1, 0.15) is 0 Å². The second kappa shape index (κ2) is 5.89. The van der Waals surface area contributed by atoms with Crippen LogP contribution in [0.1, 0.15) is 44.7 Å². The van der Waals surface area contributed by atoms with Crippen LogP contribution in [0.4, 0.5) is 0 Å². The summed E-state index contributed by atoms with van der Waals surface area (Å²) < 4.78 is 0. The SMILES string of the molecule is CCCc1cc(=O)[nH]c(SCC2(O)CCCC2)n1. The van der Waals surface area contributed by atoms with Crippen molar-refractivity contribution < 1.29 is 5.11 Å². The Hall–Kier alpha value is -0.810. The van der Waals surface area contributed by atoms with Gasteiger partial charge in [0.2, 0.25) is 0 Å². The summed E-state index contributed by atoms with van der Waals surface area (Å²) >= 11 is 1.45. The number of aryl methyl sites for hydroxylation is 1. The number of aromatic nitrogens is 2. The fraction of sp³-hybridized carbons (Fsp3) is 0.692. The lowest BCUT2D eigenvalue weighted by Crippen LogP contribution is -2.27. The van der Waals surface area contributed by atoms with Crippen molar-refractivity contribution in [3.8, 4) is 0 Å². The smallest absolute Gasteiger partial charge is 0.251 e. The number of nitrogens with one attached hydrogen (secondary N) is 1. The molecule has 1 heterocycles. The number of hydrogen-bond acceptors (Lipinski definition) is 4. The summed E-state index contributed by atoms with van der Waals surface area (Å²) in [4.78, 5) is 18.6. The number of nitrogens with zero attached hydrogens (tertiary/aromatic N) is 1. The van der Waals surface area contributed by atoms with E-state index in [1.807, 2.05) is 0 Å². The molecule has 4 nitrogen and oxygen atoms in total. The second-order valence-electron chi connectivity index (χ2n) is 5.01. The van der Waals surface area contributed by atoms with Crippen LogP contribution >= 0.6 is 11.8 Å². The first kappa shape index (κ1) is 13.6. The third kappa shape index (κ3) is 3.59. The standard InChI is InChI=1S/C13H20N2O2S/c1-2-5-10-8-11(16)15-12(14-10)18-9-13(17)6-3-4-7-13/h8,17H,2-7,9H2,1H3,(H,14,15,16). The van der Waals surface area contributed by atoms with Crippen LogP contribution in [0.25, 0.3) is 0 Å². The Morgan fingerprint density at radius 3 is 2.89 bits per heavy atom. The maximum Gasteiger partial charge on any atom is 0.251 e. The Kier molecular flexibility index (Phi) is 4.45. The molecule has 2 N–H and O–H groups in total. The van der Waals surface area contributed by atoms with Gasteiger partial charge in [-0.15, -0.1) is 0 Å². The number of aliphatic hydroxyl groups is 1. The molecule has 0 radical (unpaired) electrons. The minimum atomic E-state index is -0.565. The molecule has 100 valence electrons. The molecule has 1 aliphatic carbocycles. The summed E-state index contributed by atoms with van der Waals surface area (Å²) in [6.45, 7) is 2.07.